The minimum Gasteiger partial charge on any atom is -0.342 e. The normalized spacial score (nSPS) is 19.5. The molecule has 9 heteroatoms. The number of hydrogen-bond donors (Lipinski definition) is 0. The Morgan fingerprint density at radius 3 is 2.16 bits per heavy atom. The molecule has 0 aliphatic carbocycles. The highest BCUT2D eigenvalue weighted by molar-refractivity contribution is 6.35. The van der Waals surface area contributed by atoms with Crippen molar-refractivity contribution < 1.29 is 14.4 Å². The summed E-state index contributed by atoms with van der Waals surface area (Å²) in [5.74, 6) is -0.116. The van der Waals surface area contributed by atoms with Crippen LogP contribution < -0.4 is 0 Å². The SMILES string of the molecule is CCN(CC)C(=O)CN1CCN(C(=O)C2CCCN2C(=O)c2cc(Cl)cc(Cl)c2)CC1. The summed E-state index contributed by atoms with van der Waals surface area (Å²) in [6.07, 6.45) is 1.44. The number of likely N-dealkylation sites (N-methyl/N-ethyl adjacent to an activating group) is 1. The van der Waals surface area contributed by atoms with Gasteiger partial charge in [0.1, 0.15) is 6.04 Å². The molecule has 1 unspecified atom stereocenters. The molecule has 1 atom stereocenters. The average molecular weight is 469 g/mol. The Balaban J connectivity index is 1.58. The first-order chi connectivity index (χ1) is 14.8. The molecule has 2 fully saturated rings. The van der Waals surface area contributed by atoms with Crippen molar-refractivity contribution in [2.45, 2.75) is 32.7 Å². The lowest BCUT2D eigenvalue weighted by molar-refractivity contribution is -0.138. The van der Waals surface area contributed by atoms with E-state index >= 15 is 0 Å². The van der Waals surface area contributed by atoms with E-state index in [1.165, 1.54) is 0 Å². The van der Waals surface area contributed by atoms with Gasteiger partial charge in [0.05, 0.1) is 6.54 Å². The highest BCUT2D eigenvalue weighted by Crippen LogP contribution is 2.25. The quantitative estimate of drug-likeness (QED) is 0.643. The molecule has 7 nitrogen and oxygen atoms in total. The first-order valence-corrected chi connectivity index (χ1v) is 11.7. The lowest BCUT2D eigenvalue weighted by atomic mass is 10.1. The molecule has 0 saturated carbocycles. The van der Waals surface area contributed by atoms with Gasteiger partial charge in [0, 0.05) is 61.4 Å². The second-order valence-corrected chi connectivity index (χ2v) is 8.86. The number of halogens is 2. The van der Waals surface area contributed by atoms with Gasteiger partial charge in [0.2, 0.25) is 11.8 Å². The zero-order valence-corrected chi connectivity index (χ0v) is 19.7. The highest BCUT2D eigenvalue weighted by atomic mass is 35.5. The Morgan fingerprint density at radius 2 is 1.58 bits per heavy atom. The van der Waals surface area contributed by atoms with Crippen molar-refractivity contribution in [2.24, 2.45) is 0 Å². The monoisotopic (exact) mass is 468 g/mol. The molecule has 3 amide bonds. The van der Waals surface area contributed by atoms with Crippen LogP contribution in [0.1, 0.15) is 37.0 Å². The fraction of sp³-hybridized carbons (Fsp3) is 0.591. The molecule has 0 bridgehead atoms. The van der Waals surface area contributed by atoms with Gasteiger partial charge in [-0.1, -0.05) is 23.2 Å². The van der Waals surface area contributed by atoms with E-state index in [-0.39, 0.29) is 17.7 Å². The van der Waals surface area contributed by atoms with E-state index in [0.29, 0.717) is 74.4 Å². The van der Waals surface area contributed by atoms with E-state index in [1.807, 2.05) is 23.6 Å². The van der Waals surface area contributed by atoms with Gasteiger partial charge >= 0.3 is 0 Å². The van der Waals surface area contributed by atoms with Gasteiger partial charge in [-0.15, -0.1) is 0 Å². The number of likely N-dealkylation sites (tertiary alicyclic amines) is 1. The maximum atomic E-state index is 13.2. The number of carbonyl (C=O) groups excluding carboxylic acids is 3. The molecule has 170 valence electrons. The molecule has 0 spiro atoms. The zero-order valence-electron chi connectivity index (χ0n) is 18.1. The van der Waals surface area contributed by atoms with Gasteiger partial charge in [-0.2, -0.15) is 0 Å². The Bertz CT molecular complexity index is 803. The number of amides is 3. The number of carbonyl (C=O) groups is 3. The molecule has 2 aliphatic rings. The van der Waals surface area contributed by atoms with Crippen LogP contribution in [0, 0.1) is 0 Å². The van der Waals surface area contributed by atoms with Crippen LogP contribution in [0.3, 0.4) is 0 Å². The highest BCUT2D eigenvalue weighted by Gasteiger charge is 2.38. The van der Waals surface area contributed by atoms with Crippen LogP contribution >= 0.6 is 23.2 Å². The first-order valence-electron chi connectivity index (χ1n) is 10.9. The molecular weight excluding hydrogens is 439 g/mol. The molecule has 0 N–H and O–H groups in total. The van der Waals surface area contributed by atoms with E-state index in [2.05, 4.69) is 4.90 Å². The van der Waals surface area contributed by atoms with Crippen LogP contribution in [0.25, 0.3) is 0 Å². The molecule has 2 aliphatic heterocycles. The molecule has 3 rings (SSSR count). The molecule has 1 aromatic carbocycles. The number of benzene rings is 1. The molecule has 0 radical (unpaired) electrons. The lowest BCUT2D eigenvalue weighted by Crippen LogP contribution is -2.55. The van der Waals surface area contributed by atoms with Gasteiger partial charge in [-0.3, -0.25) is 19.3 Å². The predicted molar refractivity (Wildman–Crippen MR) is 121 cm³/mol. The second-order valence-electron chi connectivity index (χ2n) is 7.98. The number of nitrogens with zero attached hydrogens (tertiary/aromatic N) is 4. The fourth-order valence-electron chi connectivity index (χ4n) is 4.31. The molecule has 1 aromatic rings. The minimum atomic E-state index is -0.464. The summed E-state index contributed by atoms with van der Waals surface area (Å²) in [7, 11) is 0. The fourth-order valence-corrected chi connectivity index (χ4v) is 4.84. The van der Waals surface area contributed by atoms with E-state index in [1.54, 1.807) is 23.1 Å². The molecule has 0 aromatic heterocycles. The van der Waals surface area contributed by atoms with E-state index < -0.39 is 6.04 Å². The van der Waals surface area contributed by atoms with Crippen molar-refractivity contribution >= 4 is 40.9 Å². The minimum absolute atomic E-state index is 0.0197. The van der Waals surface area contributed by atoms with Gasteiger partial charge in [-0.05, 0) is 44.9 Å². The number of hydrogen-bond acceptors (Lipinski definition) is 4. The average Bonchev–Trinajstić information content (AvgIpc) is 3.23. The predicted octanol–water partition coefficient (Wildman–Crippen LogP) is 2.61. The Hall–Kier alpha value is -1.83. The standard InChI is InChI=1S/C22H30Cl2N4O3/c1-3-26(4-2)20(29)15-25-8-10-27(11-9-25)22(31)19-6-5-7-28(19)21(30)16-12-17(23)14-18(24)13-16/h12-14,19H,3-11,15H2,1-2H3. The lowest BCUT2D eigenvalue weighted by Gasteiger charge is -2.37. The van der Waals surface area contributed by atoms with Crippen LogP contribution in [0.15, 0.2) is 18.2 Å². The van der Waals surface area contributed by atoms with Crippen molar-refractivity contribution in [3.05, 3.63) is 33.8 Å². The van der Waals surface area contributed by atoms with Crippen LogP contribution in [0.5, 0.6) is 0 Å². The van der Waals surface area contributed by atoms with Crippen LogP contribution in [-0.2, 0) is 9.59 Å². The van der Waals surface area contributed by atoms with Crippen LogP contribution in [0.2, 0.25) is 10.0 Å². The maximum absolute atomic E-state index is 13.2. The molecule has 31 heavy (non-hydrogen) atoms. The topological polar surface area (TPSA) is 64.2 Å². The number of rotatable bonds is 6. The van der Waals surface area contributed by atoms with E-state index in [0.717, 1.165) is 6.42 Å². The number of piperazine rings is 1. The van der Waals surface area contributed by atoms with E-state index in [4.69, 9.17) is 23.2 Å². The molecular formula is C22H30Cl2N4O3. The summed E-state index contributed by atoms with van der Waals surface area (Å²) in [4.78, 5) is 45.9. The second kappa shape index (κ2) is 10.7. The van der Waals surface area contributed by atoms with Gasteiger partial charge in [-0.25, -0.2) is 0 Å². The summed E-state index contributed by atoms with van der Waals surface area (Å²) in [6, 6.07) is 4.29. The summed E-state index contributed by atoms with van der Waals surface area (Å²) in [5.41, 5.74) is 0.400. The Morgan fingerprint density at radius 1 is 0.968 bits per heavy atom. The van der Waals surface area contributed by atoms with Gasteiger partial charge < -0.3 is 14.7 Å². The van der Waals surface area contributed by atoms with E-state index in [9.17, 15) is 14.4 Å². The third kappa shape index (κ3) is 5.70. The maximum Gasteiger partial charge on any atom is 0.254 e. The van der Waals surface area contributed by atoms with Crippen molar-refractivity contribution in [1.29, 1.82) is 0 Å². The Labute approximate surface area is 193 Å². The van der Waals surface area contributed by atoms with Crippen molar-refractivity contribution in [1.82, 2.24) is 19.6 Å². The summed E-state index contributed by atoms with van der Waals surface area (Å²) in [6.45, 7) is 8.72. The Kier molecular flexibility index (Phi) is 8.19. The summed E-state index contributed by atoms with van der Waals surface area (Å²) in [5, 5.41) is 0.793. The third-order valence-corrected chi connectivity index (χ3v) is 6.50. The van der Waals surface area contributed by atoms with Crippen LogP contribution in [-0.4, -0.2) is 95.7 Å². The summed E-state index contributed by atoms with van der Waals surface area (Å²) >= 11 is 12.1. The van der Waals surface area contributed by atoms with Crippen molar-refractivity contribution in [2.75, 3.05) is 52.4 Å². The summed E-state index contributed by atoms with van der Waals surface area (Å²) < 4.78 is 0. The van der Waals surface area contributed by atoms with Gasteiger partial charge in [0.25, 0.3) is 5.91 Å². The largest absolute Gasteiger partial charge is 0.342 e. The van der Waals surface area contributed by atoms with Crippen molar-refractivity contribution in [3.8, 4) is 0 Å². The zero-order chi connectivity index (χ0) is 22.5. The van der Waals surface area contributed by atoms with Crippen LogP contribution in [0.4, 0.5) is 0 Å². The first kappa shape index (κ1) is 23.8. The third-order valence-electron chi connectivity index (χ3n) is 6.07. The molecule has 2 saturated heterocycles. The smallest absolute Gasteiger partial charge is 0.254 e. The van der Waals surface area contributed by atoms with Gasteiger partial charge in [0.15, 0.2) is 0 Å². The molecule has 2 heterocycles. The van der Waals surface area contributed by atoms with Crippen molar-refractivity contribution in [3.63, 3.8) is 0 Å².